The molecule has 0 radical (unpaired) electrons. The largest absolute Gasteiger partial charge is 0.508 e. The summed E-state index contributed by atoms with van der Waals surface area (Å²) in [6.45, 7) is 3.57. The van der Waals surface area contributed by atoms with E-state index in [0.29, 0.717) is 28.2 Å². The standard InChI is InChI=1S/C24H36F3N5O4/c1-4-5-19(14(2)12-33)30-22-18(15(3)29-23(28)31-22)9-17-7-6-16(8-20(17)34)10-32(11-21(35)36)13-24(25,26)27/h6-8,14,19,21,33-36H,4-5,9-13H2,1-3H3,(H3,28,29,30,31). The molecule has 2 atom stereocenters. The fraction of sp³-hybridized carbons (Fsp3) is 0.583. The van der Waals surface area contributed by atoms with Gasteiger partial charge in [-0.25, -0.2) is 4.98 Å². The van der Waals surface area contributed by atoms with Crippen LogP contribution in [0.4, 0.5) is 24.9 Å². The van der Waals surface area contributed by atoms with Gasteiger partial charge in [0.25, 0.3) is 0 Å². The van der Waals surface area contributed by atoms with E-state index in [-0.39, 0.29) is 43.2 Å². The molecule has 2 unspecified atom stereocenters. The summed E-state index contributed by atoms with van der Waals surface area (Å²) < 4.78 is 38.6. The van der Waals surface area contributed by atoms with Gasteiger partial charge in [0, 0.05) is 43.4 Å². The summed E-state index contributed by atoms with van der Waals surface area (Å²) in [5.41, 5.74) is 8.06. The number of aromatic hydroxyl groups is 1. The normalized spacial score (nSPS) is 13.9. The fourth-order valence-electron chi connectivity index (χ4n) is 4.04. The Morgan fingerprint density at radius 2 is 1.89 bits per heavy atom. The van der Waals surface area contributed by atoms with Crippen molar-refractivity contribution in [2.45, 2.75) is 65.1 Å². The number of aromatic nitrogens is 2. The molecule has 2 rings (SSSR count). The van der Waals surface area contributed by atoms with Crippen molar-refractivity contribution in [3.05, 3.63) is 40.6 Å². The van der Waals surface area contributed by atoms with Gasteiger partial charge in [0.2, 0.25) is 5.95 Å². The predicted molar refractivity (Wildman–Crippen MR) is 130 cm³/mol. The Hall–Kier alpha value is -2.67. The van der Waals surface area contributed by atoms with Gasteiger partial charge in [-0.1, -0.05) is 32.4 Å². The number of aliphatic hydroxyl groups excluding tert-OH is 2. The first-order valence-electron chi connectivity index (χ1n) is 11.8. The van der Waals surface area contributed by atoms with Crippen LogP contribution in [-0.2, 0) is 13.0 Å². The molecule has 36 heavy (non-hydrogen) atoms. The number of alkyl halides is 3. The second kappa shape index (κ2) is 13.0. The van der Waals surface area contributed by atoms with Crippen molar-refractivity contribution in [1.82, 2.24) is 14.9 Å². The van der Waals surface area contributed by atoms with Crippen LogP contribution < -0.4 is 11.1 Å². The molecule has 0 amide bonds. The lowest BCUT2D eigenvalue weighted by molar-refractivity contribution is -0.157. The highest BCUT2D eigenvalue weighted by Gasteiger charge is 2.31. The van der Waals surface area contributed by atoms with E-state index < -0.39 is 25.6 Å². The lowest BCUT2D eigenvalue weighted by Crippen LogP contribution is -2.38. The van der Waals surface area contributed by atoms with E-state index in [1.165, 1.54) is 6.07 Å². The van der Waals surface area contributed by atoms with Gasteiger partial charge >= 0.3 is 6.18 Å². The van der Waals surface area contributed by atoms with Gasteiger partial charge in [0.1, 0.15) is 11.6 Å². The molecular weight excluding hydrogens is 479 g/mol. The lowest BCUT2D eigenvalue weighted by Gasteiger charge is -2.26. The topological polar surface area (TPSA) is 148 Å². The number of rotatable bonds is 13. The monoisotopic (exact) mass is 515 g/mol. The molecule has 0 spiro atoms. The first-order chi connectivity index (χ1) is 16.8. The number of halogens is 3. The van der Waals surface area contributed by atoms with Crippen LogP contribution in [0, 0.1) is 12.8 Å². The quantitative estimate of drug-likeness (QED) is 0.221. The van der Waals surface area contributed by atoms with Crippen molar-refractivity contribution in [1.29, 1.82) is 0 Å². The zero-order chi connectivity index (χ0) is 27.0. The second-order valence-electron chi connectivity index (χ2n) is 9.10. The van der Waals surface area contributed by atoms with E-state index in [9.17, 15) is 23.4 Å². The highest BCUT2D eigenvalue weighted by molar-refractivity contribution is 5.53. The van der Waals surface area contributed by atoms with E-state index in [2.05, 4.69) is 15.3 Å². The Labute approximate surface area is 208 Å². The minimum Gasteiger partial charge on any atom is -0.508 e. The lowest BCUT2D eigenvalue weighted by atomic mass is 9.97. The van der Waals surface area contributed by atoms with Crippen LogP contribution in [-0.4, -0.2) is 73.5 Å². The number of aliphatic hydroxyl groups is 3. The second-order valence-corrected chi connectivity index (χ2v) is 9.10. The summed E-state index contributed by atoms with van der Waals surface area (Å²) in [5, 5.41) is 41.9. The Bertz CT molecular complexity index is 991. The van der Waals surface area contributed by atoms with Gasteiger partial charge in [-0.3, -0.25) is 4.90 Å². The molecule has 7 N–H and O–H groups in total. The van der Waals surface area contributed by atoms with Crippen molar-refractivity contribution in [2.24, 2.45) is 5.92 Å². The third-order valence-electron chi connectivity index (χ3n) is 5.88. The van der Waals surface area contributed by atoms with Gasteiger partial charge in [-0.2, -0.15) is 18.2 Å². The molecule has 0 aliphatic carbocycles. The van der Waals surface area contributed by atoms with Crippen molar-refractivity contribution in [3.8, 4) is 5.75 Å². The number of nitrogens with one attached hydrogen (secondary N) is 1. The Balaban J connectivity index is 2.30. The number of anilines is 2. The van der Waals surface area contributed by atoms with E-state index >= 15 is 0 Å². The van der Waals surface area contributed by atoms with Crippen molar-refractivity contribution in [2.75, 3.05) is 30.7 Å². The van der Waals surface area contributed by atoms with Crippen LogP contribution >= 0.6 is 0 Å². The molecule has 0 bridgehead atoms. The first-order valence-corrected chi connectivity index (χ1v) is 11.8. The number of benzene rings is 1. The van der Waals surface area contributed by atoms with E-state index in [4.69, 9.17) is 15.9 Å². The van der Waals surface area contributed by atoms with Crippen LogP contribution in [0.15, 0.2) is 18.2 Å². The van der Waals surface area contributed by atoms with E-state index in [0.717, 1.165) is 17.7 Å². The maximum Gasteiger partial charge on any atom is 0.401 e. The number of aryl methyl sites for hydroxylation is 1. The Kier molecular flexibility index (Phi) is 10.7. The molecule has 1 aromatic carbocycles. The molecule has 0 saturated carbocycles. The van der Waals surface area contributed by atoms with E-state index in [1.807, 2.05) is 13.8 Å². The van der Waals surface area contributed by atoms with Gasteiger partial charge in [-0.05, 0) is 36.5 Å². The first kappa shape index (κ1) is 29.6. The van der Waals surface area contributed by atoms with Crippen molar-refractivity contribution >= 4 is 11.8 Å². The van der Waals surface area contributed by atoms with Gasteiger partial charge < -0.3 is 31.5 Å². The molecule has 12 heteroatoms. The molecule has 0 fully saturated rings. The predicted octanol–water partition coefficient (Wildman–Crippen LogP) is 2.55. The highest BCUT2D eigenvalue weighted by Crippen LogP contribution is 2.29. The van der Waals surface area contributed by atoms with Crippen LogP contribution in [0.5, 0.6) is 5.75 Å². The Morgan fingerprint density at radius 3 is 2.44 bits per heavy atom. The smallest absolute Gasteiger partial charge is 0.401 e. The summed E-state index contributed by atoms with van der Waals surface area (Å²) in [7, 11) is 0. The fourth-order valence-corrected chi connectivity index (χ4v) is 4.04. The minimum atomic E-state index is -4.52. The Morgan fingerprint density at radius 1 is 1.19 bits per heavy atom. The summed E-state index contributed by atoms with van der Waals surface area (Å²) >= 11 is 0. The number of hydrogen-bond acceptors (Lipinski definition) is 9. The van der Waals surface area contributed by atoms with Crippen molar-refractivity contribution < 1.29 is 33.6 Å². The molecule has 0 aliphatic heterocycles. The molecule has 2 aromatic rings. The molecular formula is C24H36F3N5O4. The zero-order valence-electron chi connectivity index (χ0n) is 20.8. The zero-order valence-corrected chi connectivity index (χ0v) is 20.8. The molecule has 0 aliphatic rings. The number of phenolic OH excluding ortho intramolecular Hbond substituents is 1. The SMILES string of the molecule is CCCC(Nc1nc(N)nc(C)c1Cc1ccc(CN(CC(O)O)CC(F)(F)F)cc1O)C(C)CO. The van der Waals surface area contributed by atoms with Crippen LogP contribution in [0.3, 0.4) is 0 Å². The van der Waals surface area contributed by atoms with Crippen molar-refractivity contribution in [3.63, 3.8) is 0 Å². The number of hydrogen-bond donors (Lipinski definition) is 6. The van der Waals surface area contributed by atoms with Gasteiger partial charge in [0.05, 0.1) is 6.54 Å². The van der Waals surface area contributed by atoms with E-state index in [1.54, 1.807) is 19.1 Å². The van der Waals surface area contributed by atoms with Crippen LogP contribution in [0.25, 0.3) is 0 Å². The maximum absolute atomic E-state index is 12.9. The maximum atomic E-state index is 12.9. The summed E-state index contributed by atoms with van der Waals surface area (Å²) in [4.78, 5) is 9.42. The molecule has 9 nitrogen and oxygen atoms in total. The van der Waals surface area contributed by atoms with Gasteiger partial charge in [0.15, 0.2) is 6.29 Å². The highest BCUT2D eigenvalue weighted by atomic mass is 19.4. The number of nitrogen functional groups attached to an aromatic ring is 1. The summed E-state index contributed by atoms with van der Waals surface area (Å²) in [6.07, 6.45) is -4.53. The molecule has 1 aromatic heterocycles. The minimum absolute atomic E-state index is 0.00648. The van der Waals surface area contributed by atoms with Gasteiger partial charge in [-0.15, -0.1) is 0 Å². The third kappa shape index (κ3) is 9.08. The number of nitrogens with zero attached hydrogens (tertiary/aromatic N) is 3. The van der Waals surface area contributed by atoms with Crippen LogP contribution in [0.1, 0.15) is 49.1 Å². The summed E-state index contributed by atoms with van der Waals surface area (Å²) in [5.74, 6) is 0.413. The molecule has 202 valence electrons. The average Bonchev–Trinajstić information content (AvgIpc) is 2.74. The third-order valence-corrected chi connectivity index (χ3v) is 5.88. The molecule has 1 heterocycles. The number of phenols is 1. The number of nitrogens with two attached hydrogens (primary N) is 1. The molecule has 0 saturated heterocycles. The summed E-state index contributed by atoms with van der Waals surface area (Å²) in [6, 6.07) is 4.48. The average molecular weight is 516 g/mol. The van der Waals surface area contributed by atoms with Crippen LogP contribution in [0.2, 0.25) is 0 Å².